The number of nitrogens with zero attached hydrogens (tertiary/aromatic N) is 8. The Labute approximate surface area is 881 Å². The number of carbonyl (C=O) groups excluding carboxylic acids is 2. The van der Waals surface area contributed by atoms with Crippen LogP contribution in [0.2, 0.25) is 0 Å². The summed E-state index contributed by atoms with van der Waals surface area (Å²) in [4.78, 5) is 77.7. The van der Waals surface area contributed by atoms with Crippen LogP contribution in [0.15, 0.2) is 109 Å². The first-order valence-corrected chi connectivity index (χ1v) is 55.8. The van der Waals surface area contributed by atoms with Gasteiger partial charge in [0.25, 0.3) is 0 Å². The quantitative estimate of drug-likeness (QED) is 0.0153. The van der Waals surface area contributed by atoms with E-state index in [2.05, 4.69) is 67.5 Å². The third kappa shape index (κ3) is 29.9. The number of fused-ring (bicyclic) bond motifs is 4. The van der Waals surface area contributed by atoms with E-state index in [0.29, 0.717) is 103 Å². The van der Waals surface area contributed by atoms with Crippen LogP contribution in [0.25, 0.3) is 0 Å². The normalized spacial score (nSPS) is 22.5. The Morgan fingerprint density at radius 2 is 0.640 bits per heavy atom. The Morgan fingerprint density at radius 1 is 0.347 bits per heavy atom. The molecule has 8 saturated heterocycles. The summed E-state index contributed by atoms with van der Waals surface area (Å²) in [5.74, 6) is 2.52. The first kappa shape index (κ1) is 111. The topological polar surface area (TPSA) is 314 Å². The minimum absolute atomic E-state index is 0.0177. The van der Waals surface area contributed by atoms with Crippen LogP contribution in [-0.4, -0.2) is 243 Å². The molecule has 6 N–H and O–H groups in total. The maximum absolute atomic E-state index is 14.3. The fourth-order valence-corrected chi connectivity index (χ4v) is 23.9. The Kier molecular flexibility index (Phi) is 41.1. The van der Waals surface area contributed by atoms with Gasteiger partial charge in [0.1, 0.15) is 70.1 Å². The Bertz CT molecular complexity index is 5390. The average molecular weight is 2070 g/mol. The molecule has 0 unspecified atom stereocenters. The number of halogens is 4. The van der Waals surface area contributed by atoms with Gasteiger partial charge in [-0.2, -0.15) is 0 Å². The lowest BCUT2D eigenvalue weighted by atomic mass is 9.92. The number of carboxylic acid groups (broad SMARTS) is 2. The third-order valence-electron chi connectivity index (χ3n) is 31.5. The van der Waals surface area contributed by atoms with Crippen LogP contribution in [-0.2, 0) is 108 Å². The monoisotopic (exact) mass is 2070 g/mol. The number of Topliss-reactive ketones (excluding diaryl/α,β-unsaturated/α-hetero) is 2. The maximum Gasteiger partial charge on any atom is 0.325 e. The highest BCUT2D eigenvalue weighted by Gasteiger charge is 2.43. The Balaban J connectivity index is 0.000000136. The van der Waals surface area contributed by atoms with Gasteiger partial charge in [-0.1, -0.05) is 36.4 Å². The second-order valence-corrected chi connectivity index (χ2v) is 42.3. The van der Waals surface area contributed by atoms with Crippen molar-refractivity contribution in [2.45, 2.75) is 305 Å². The minimum atomic E-state index is -0.963. The molecule has 12 aliphatic rings. The first-order chi connectivity index (χ1) is 73.2. The zero-order chi connectivity index (χ0) is 104. The lowest BCUT2D eigenvalue weighted by Crippen LogP contribution is -2.34. The molecule has 12 atom stereocenters. The number of aromatic nitrogens is 4. The van der Waals surface area contributed by atoms with E-state index in [1.54, 1.807) is 52.3 Å². The number of methoxy groups -OCH3 is 2. The predicted octanol–water partition coefficient (Wildman–Crippen LogP) is 20.5. The SMILES string of the molecule is COc1cc(CCCCO[C@@H]2CCN([C@@H](C(C)=O)c3cc(F)ccc3[C@@H]3CCCO3)C2)nc2c1CCCN2.COc1cc(CCCCO[C@@H]2CCN([C@H](C(C)=O)c3cc(F)ccc3[C@@H]3CCCO3)C2)nc2c1CCCN2.O=C(O)[C@@H](c1cc(F)ccc1[C@@H]1CCCCO1)N1CC[C@H](OCCCCc2ccc3c(n2)NCCC3)C1.O=C(O)[C@H](c1cc(F)ccc1[C@@H]1CCCCO1)N1CC[C@H](OCCCCc2ccc3c(n2)NCCC3)C1. The number of carboxylic acids is 2. The van der Waals surface area contributed by atoms with Crippen molar-refractivity contribution in [3.8, 4) is 11.5 Å². The number of aryl methyl sites for hydroxylation is 6. The zero-order valence-corrected chi connectivity index (χ0v) is 88.2. The summed E-state index contributed by atoms with van der Waals surface area (Å²) < 4.78 is 117. The molecule has 0 aliphatic carbocycles. The number of ether oxygens (including phenoxy) is 10. The van der Waals surface area contributed by atoms with Crippen molar-refractivity contribution < 1.29 is 94.3 Å². The highest BCUT2D eigenvalue weighted by atomic mass is 19.1. The lowest BCUT2D eigenvalue weighted by molar-refractivity contribution is -0.144. The molecule has 812 valence electrons. The number of hydrogen-bond donors (Lipinski definition) is 6. The number of unbranched alkanes of at least 4 members (excludes halogenated alkanes) is 4. The first-order valence-electron chi connectivity index (χ1n) is 55.8. The average Bonchev–Trinajstić information content (AvgIpc) is 1.73. The Hall–Kier alpha value is -10.2. The van der Waals surface area contributed by atoms with Crippen molar-refractivity contribution in [1.29, 1.82) is 0 Å². The third-order valence-corrected chi connectivity index (χ3v) is 31.5. The van der Waals surface area contributed by atoms with Gasteiger partial charge in [0.15, 0.2) is 11.6 Å². The number of benzene rings is 4. The summed E-state index contributed by atoms with van der Waals surface area (Å²) in [6, 6.07) is 28.6. The van der Waals surface area contributed by atoms with E-state index >= 15 is 0 Å². The molecule has 150 heavy (non-hydrogen) atoms. The molecule has 32 heteroatoms. The van der Waals surface area contributed by atoms with Crippen LogP contribution in [0.4, 0.5) is 40.8 Å². The molecular weight excluding hydrogens is 1920 g/mol. The van der Waals surface area contributed by atoms with Crippen LogP contribution >= 0.6 is 0 Å². The van der Waals surface area contributed by atoms with Gasteiger partial charge in [-0.3, -0.25) is 38.8 Å². The van der Waals surface area contributed by atoms with E-state index in [0.717, 1.165) is 349 Å². The molecule has 4 aromatic carbocycles. The van der Waals surface area contributed by atoms with Gasteiger partial charge in [0.2, 0.25) is 0 Å². The van der Waals surface area contributed by atoms with Gasteiger partial charge in [-0.25, -0.2) is 37.5 Å². The second-order valence-electron chi connectivity index (χ2n) is 42.3. The zero-order valence-electron chi connectivity index (χ0n) is 88.2. The number of ketones is 2. The standard InChI is InChI=1S/2C30H40FN3O4.2C29H38FN3O4/c2*1-20(35)29(26-17-21(31)10-11-24(26)27-9-6-16-38-27)34-14-12-23(19-34)37-15-4-3-7-22-18-28(36-2)25-8-5-13-32-30(25)33-22;2*30-21-10-12-24(26-8-2-4-17-37-26)25(18-21)27(29(34)35)33-15-13-23(19-33)36-16-3-1-7-22-11-9-20-6-5-14-31-28(20)32-22/h2*10-11,17-18,23,27,29H,3-9,12-16,19H2,1-2H3,(H,32,33);2*9-12,18,23,26-27H,1-8,13-17,19H2,(H,31,32)(H,34,35)/t23-,27+,29+;23-,27+,29-;23-,26-,27+;23-,26-,27-/m1100/s1. The van der Waals surface area contributed by atoms with Gasteiger partial charge in [0, 0.05) is 177 Å². The number of carbonyl (C=O) groups is 4. The van der Waals surface area contributed by atoms with E-state index in [-0.39, 0.29) is 72.0 Å². The summed E-state index contributed by atoms with van der Waals surface area (Å²) in [5, 5.41) is 33.9. The van der Waals surface area contributed by atoms with Gasteiger partial charge < -0.3 is 78.8 Å². The van der Waals surface area contributed by atoms with Gasteiger partial charge >= 0.3 is 11.9 Å². The maximum atomic E-state index is 14.3. The molecule has 0 radical (unpaired) electrons. The Morgan fingerprint density at radius 3 is 0.940 bits per heavy atom. The summed E-state index contributed by atoms with van der Waals surface area (Å²) in [6.07, 6.45) is 32.4. The van der Waals surface area contributed by atoms with Crippen LogP contribution in [0.3, 0.4) is 0 Å². The molecule has 12 aliphatic heterocycles. The van der Waals surface area contributed by atoms with Crippen molar-refractivity contribution in [2.24, 2.45) is 0 Å². The van der Waals surface area contributed by atoms with Crippen LogP contribution in [0.1, 0.15) is 319 Å². The summed E-state index contributed by atoms with van der Waals surface area (Å²) in [5.41, 5.74) is 15.3. The van der Waals surface area contributed by atoms with E-state index in [1.165, 1.54) is 70.8 Å². The molecule has 16 heterocycles. The molecular formula is C118H156F4N12O16. The smallest absolute Gasteiger partial charge is 0.325 e. The van der Waals surface area contributed by atoms with E-state index in [9.17, 15) is 47.0 Å². The molecule has 0 amide bonds. The van der Waals surface area contributed by atoms with E-state index in [1.807, 2.05) is 9.80 Å². The highest BCUT2D eigenvalue weighted by molar-refractivity contribution is 5.84. The molecule has 8 fully saturated rings. The number of rotatable bonds is 42. The van der Waals surface area contributed by atoms with E-state index < -0.39 is 47.7 Å². The van der Waals surface area contributed by atoms with Crippen molar-refractivity contribution in [3.05, 3.63) is 222 Å². The van der Waals surface area contributed by atoms with Crippen molar-refractivity contribution in [3.63, 3.8) is 0 Å². The minimum Gasteiger partial charge on any atom is -0.496 e. The number of anilines is 4. The van der Waals surface area contributed by atoms with Crippen LogP contribution in [0, 0.1) is 23.3 Å². The molecule has 20 rings (SSSR count). The fourth-order valence-electron chi connectivity index (χ4n) is 23.9. The molecule has 0 saturated carbocycles. The molecule has 0 bridgehead atoms. The largest absolute Gasteiger partial charge is 0.496 e. The number of likely N-dealkylation sites (tertiary alicyclic amines) is 4. The van der Waals surface area contributed by atoms with Gasteiger partial charge in [-0.15, -0.1) is 0 Å². The van der Waals surface area contributed by atoms with Crippen LogP contribution in [0.5, 0.6) is 11.5 Å². The van der Waals surface area contributed by atoms with Crippen LogP contribution < -0.4 is 30.7 Å². The van der Waals surface area contributed by atoms with Gasteiger partial charge in [0.05, 0.1) is 75.1 Å². The highest BCUT2D eigenvalue weighted by Crippen LogP contribution is 2.45. The van der Waals surface area contributed by atoms with Crippen molar-refractivity contribution >= 4 is 46.8 Å². The molecule has 0 spiro atoms. The second kappa shape index (κ2) is 55.6. The summed E-state index contributed by atoms with van der Waals surface area (Å²) >= 11 is 0. The van der Waals surface area contributed by atoms with Crippen molar-refractivity contribution in [1.82, 2.24) is 39.5 Å². The van der Waals surface area contributed by atoms with Crippen molar-refractivity contribution in [2.75, 3.05) is 167 Å². The molecule has 28 nitrogen and oxygen atoms in total. The fraction of sp³-hybridized carbons (Fsp3) is 0.593. The number of hydrogen-bond acceptors (Lipinski definition) is 26. The van der Waals surface area contributed by atoms with Gasteiger partial charge in [-0.05, 0) is 348 Å². The predicted molar refractivity (Wildman–Crippen MR) is 567 cm³/mol. The lowest BCUT2D eigenvalue weighted by Gasteiger charge is -2.30. The molecule has 8 aromatic rings. The summed E-state index contributed by atoms with van der Waals surface area (Å²) in [6.45, 7) is 17.5. The number of pyridine rings is 4. The number of nitrogens with one attached hydrogen (secondary N) is 4. The summed E-state index contributed by atoms with van der Waals surface area (Å²) in [7, 11) is 3.45. The van der Waals surface area contributed by atoms with E-state index in [4.69, 9.17) is 67.3 Å². The molecule has 4 aromatic heterocycles. The number of aliphatic carboxylic acids is 2.